The molecule has 1 aliphatic rings. The van der Waals surface area contributed by atoms with Gasteiger partial charge in [0, 0.05) is 0 Å². The number of ether oxygens (including phenoxy) is 1. The number of hydrogen-bond donors (Lipinski definition) is 0. The molecule has 0 atom stereocenters. The van der Waals surface area contributed by atoms with Crippen molar-refractivity contribution in [1.29, 1.82) is 0 Å². The molecule has 0 aromatic heterocycles. The SMILES string of the molecule is C#CCN1C(=O)S/C(=C/c2cc(I)c(OCc3cccc(F)c3)c(I)c2)C1=O. The molecule has 1 heterocycles. The van der Waals surface area contributed by atoms with Gasteiger partial charge in [0.05, 0.1) is 18.6 Å². The maximum Gasteiger partial charge on any atom is 0.294 e. The van der Waals surface area contributed by atoms with Crippen LogP contribution in [0.25, 0.3) is 6.08 Å². The van der Waals surface area contributed by atoms with Gasteiger partial charge in [-0.3, -0.25) is 14.5 Å². The van der Waals surface area contributed by atoms with E-state index >= 15 is 0 Å². The first-order valence-corrected chi connectivity index (χ1v) is 10.9. The van der Waals surface area contributed by atoms with Crippen molar-refractivity contribution < 1.29 is 18.7 Å². The van der Waals surface area contributed by atoms with Gasteiger partial charge in [0.25, 0.3) is 11.1 Å². The highest BCUT2D eigenvalue weighted by Gasteiger charge is 2.34. The molecule has 28 heavy (non-hydrogen) atoms. The molecule has 0 radical (unpaired) electrons. The molecular weight excluding hydrogens is 607 g/mol. The monoisotopic (exact) mass is 619 g/mol. The molecular formula is C20H12FI2NO3S. The number of amides is 2. The number of halogens is 3. The Morgan fingerprint density at radius 2 is 1.93 bits per heavy atom. The summed E-state index contributed by atoms with van der Waals surface area (Å²) in [5.74, 6) is 2.31. The van der Waals surface area contributed by atoms with Gasteiger partial charge in [0.1, 0.15) is 18.2 Å². The van der Waals surface area contributed by atoms with Gasteiger partial charge in [0.15, 0.2) is 0 Å². The van der Waals surface area contributed by atoms with Gasteiger partial charge in [-0.05, 0) is 98.4 Å². The maximum atomic E-state index is 13.3. The van der Waals surface area contributed by atoms with E-state index in [0.29, 0.717) is 10.7 Å². The Kier molecular flexibility index (Phi) is 7.00. The van der Waals surface area contributed by atoms with Crippen molar-refractivity contribution in [2.24, 2.45) is 0 Å². The van der Waals surface area contributed by atoms with E-state index in [9.17, 15) is 14.0 Å². The molecule has 4 nitrogen and oxygen atoms in total. The molecule has 3 rings (SSSR count). The molecule has 1 fully saturated rings. The highest BCUT2D eigenvalue weighted by atomic mass is 127. The summed E-state index contributed by atoms with van der Waals surface area (Å²) in [5, 5.41) is -0.367. The fraction of sp³-hybridized carbons (Fsp3) is 0.100. The Morgan fingerprint density at radius 1 is 1.21 bits per heavy atom. The quantitative estimate of drug-likeness (QED) is 0.260. The maximum absolute atomic E-state index is 13.3. The normalized spacial score (nSPS) is 15.2. The van der Waals surface area contributed by atoms with Crippen LogP contribution >= 0.6 is 56.9 Å². The molecule has 0 saturated carbocycles. The molecule has 0 N–H and O–H groups in total. The van der Waals surface area contributed by atoms with E-state index in [-0.39, 0.29) is 30.1 Å². The third-order valence-corrected chi connectivity index (χ3v) is 6.22. The summed E-state index contributed by atoms with van der Waals surface area (Å²) in [4.78, 5) is 25.6. The standard InChI is InChI=1S/C20H12FI2NO3S/c1-2-6-24-19(25)17(28-20(24)26)10-13-8-15(22)18(16(23)9-13)27-11-12-4-3-5-14(21)7-12/h1,3-5,7-10H,6,11H2/b17-10+. The molecule has 2 aromatic rings. The van der Waals surface area contributed by atoms with Crippen molar-refractivity contribution in [3.8, 4) is 18.1 Å². The predicted molar refractivity (Wildman–Crippen MR) is 124 cm³/mol. The van der Waals surface area contributed by atoms with E-state index in [2.05, 4.69) is 51.1 Å². The minimum Gasteiger partial charge on any atom is -0.487 e. The predicted octanol–water partition coefficient (Wildman–Crippen LogP) is 5.28. The van der Waals surface area contributed by atoms with Gasteiger partial charge >= 0.3 is 0 Å². The van der Waals surface area contributed by atoms with Crippen LogP contribution in [0.1, 0.15) is 11.1 Å². The average Bonchev–Trinajstić information content (AvgIpc) is 2.89. The van der Waals surface area contributed by atoms with Crippen LogP contribution in [0.15, 0.2) is 41.3 Å². The van der Waals surface area contributed by atoms with E-state index in [1.807, 2.05) is 12.1 Å². The fourth-order valence-electron chi connectivity index (χ4n) is 2.46. The molecule has 2 aromatic carbocycles. The first kappa shape index (κ1) is 21.1. The van der Waals surface area contributed by atoms with Crippen LogP contribution in [0.4, 0.5) is 9.18 Å². The number of benzene rings is 2. The molecule has 0 spiro atoms. The highest BCUT2D eigenvalue weighted by molar-refractivity contribution is 14.1. The zero-order valence-corrected chi connectivity index (χ0v) is 19.4. The average molecular weight is 619 g/mol. The van der Waals surface area contributed by atoms with Gasteiger partial charge in [-0.1, -0.05) is 18.1 Å². The number of carbonyl (C=O) groups is 2. The topological polar surface area (TPSA) is 46.6 Å². The molecule has 142 valence electrons. The van der Waals surface area contributed by atoms with Crippen molar-refractivity contribution in [2.45, 2.75) is 6.61 Å². The number of carbonyl (C=O) groups excluding carboxylic acids is 2. The summed E-state index contributed by atoms with van der Waals surface area (Å²) in [6, 6.07) is 9.97. The first-order valence-electron chi connectivity index (χ1n) is 7.94. The van der Waals surface area contributed by atoms with Crippen molar-refractivity contribution in [3.63, 3.8) is 0 Å². The van der Waals surface area contributed by atoms with Crippen LogP contribution in [0.5, 0.6) is 5.75 Å². The number of nitrogens with zero attached hydrogens (tertiary/aromatic N) is 1. The zero-order chi connectivity index (χ0) is 20.3. The zero-order valence-electron chi connectivity index (χ0n) is 14.2. The van der Waals surface area contributed by atoms with E-state index in [1.165, 1.54) is 12.1 Å². The van der Waals surface area contributed by atoms with Crippen LogP contribution in [-0.4, -0.2) is 22.6 Å². The highest BCUT2D eigenvalue weighted by Crippen LogP contribution is 2.34. The van der Waals surface area contributed by atoms with Crippen molar-refractivity contribution in [3.05, 3.63) is 65.4 Å². The summed E-state index contributed by atoms with van der Waals surface area (Å²) < 4.78 is 20.8. The summed E-state index contributed by atoms with van der Waals surface area (Å²) in [5.41, 5.74) is 1.51. The van der Waals surface area contributed by atoms with E-state index in [4.69, 9.17) is 11.2 Å². The second-order valence-corrected chi connectivity index (χ2v) is 9.02. The van der Waals surface area contributed by atoms with Gasteiger partial charge < -0.3 is 4.74 Å². The summed E-state index contributed by atoms with van der Waals surface area (Å²) in [7, 11) is 0. The van der Waals surface area contributed by atoms with E-state index < -0.39 is 0 Å². The van der Waals surface area contributed by atoms with Gasteiger partial charge in [-0.25, -0.2) is 4.39 Å². The van der Waals surface area contributed by atoms with Crippen LogP contribution < -0.4 is 4.74 Å². The first-order chi connectivity index (χ1) is 13.4. The Balaban J connectivity index is 1.79. The van der Waals surface area contributed by atoms with E-state index in [1.54, 1.807) is 18.2 Å². The Hall–Kier alpha value is -1.58. The number of terminal acetylenes is 1. The summed E-state index contributed by atoms with van der Waals surface area (Å²) in [6.07, 6.45) is 6.87. The van der Waals surface area contributed by atoms with Gasteiger partial charge in [0.2, 0.25) is 0 Å². The lowest BCUT2D eigenvalue weighted by molar-refractivity contribution is -0.122. The largest absolute Gasteiger partial charge is 0.487 e. The third-order valence-electron chi connectivity index (χ3n) is 3.71. The Morgan fingerprint density at radius 3 is 2.57 bits per heavy atom. The molecule has 1 saturated heterocycles. The fourth-order valence-corrected chi connectivity index (χ4v) is 5.43. The minimum absolute atomic E-state index is 0.0378. The molecule has 0 bridgehead atoms. The summed E-state index contributed by atoms with van der Waals surface area (Å²) in [6.45, 7) is 0.206. The molecule has 8 heteroatoms. The second-order valence-electron chi connectivity index (χ2n) is 5.70. The Labute approximate surface area is 193 Å². The lowest BCUT2D eigenvalue weighted by Gasteiger charge is -2.12. The van der Waals surface area contributed by atoms with Crippen molar-refractivity contribution in [2.75, 3.05) is 6.54 Å². The van der Waals surface area contributed by atoms with Gasteiger partial charge in [-0.15, -0.1) is 6.42 Å². The van der Waals surface area contributed by atoms with Crippen molar-refractivity contribution in [1.82, 2.24) is 4.90 Å². The second kappa shape index (κ2) is 9.28. The van der Waals surface area contributed by atoms with Crippen LogP contribution in [0.2, 0.25) is 0 Å². The summed E-state index contributed by atoms with van der Waals surface area (Å²) >= 11 is 5.16. The van der Waals surface area contributed by atoms with Gasteiger partial charge in [-0.2, -0.15) is 0 Å². The van der Waals surface area contributed by atoms with Crippen LogP contribution in [0, 0.1) is 25.3 Å². The third kappa shape index (κ3) is 4.87. The van der Waals surface area contributed by atoms with Crippen LogP contribution in [0.3, 0.4) is 0 Å². The van der Waals surface area contributed by atoms with E-state index in [0.717, 1.165) is 34.9 Å². The Bertz CT molecular complexity index is 1010. The number of thioether (sulfide) groups is 1. The number of hydrogen-bond acceptors (Lipinski definition) is 4. The molecule has 1 aliphatic heterocycles. The number of rotatable bonds is 5. The lowest BCUT2D eigenvalue weighted by atomic mass is 10.2. The smallest absolute Gasteiger partial charge is 0.294 e. The molecule has 2 amide bonds. The minimum atomic E-state index is -0.385. The van der Waals surface area contributed by atoms with Crippen molar-refractivity contribution >= 4 is 74.2 Å². The molecule has 0 aliphatic carbocycles. The molecule has 0 unspecified atom stereocenters. The number of imide groups is 1. The van der Waals surface area contributed by atoms with Crippen LogP contribution in [-0.2, 0) is 11.4 Å². The lowest BCUT2D eigenvalue weighted by Crippen LogP contribution is -2.28.